The summed E-state index contributed by atoms with van der Waals surface area (Å²) in [5, 5.41) is 0. The molecular weight excluding hydrogens is 176 g/mol. The third kappa shape index (κ3) is 3.90. The minimum absolute atomic E-state index is 0.251. The molecule has 0 aliphatic heterocycles. The first-order valence-corrected chi connectivity index (χ1v) is 4.55. The highest BCUT2D eigenvalue weighted by Crippen LogP contribution is 2.04. The molecule has 0 aliphatic rings. The summed E-state index contributed by atoms with van der Waals surface area (Å²) in [4.78, 5) is 10.4. The highest BCUT2D eigenvalue weighted by Gasteiger charge is 1.88. The maximum Gasteiger partial charge on any atom is 0.302 e. The summed E-state index contributed by atoms with van der Waals surface area (Å²) >= 11 is 0. The number of hydrogen-bond acceptors (Lipinski definition) is 2. The third-order valence-corrected chi connectivity index (χ3v) is 1.77. The predicted octanol–water partition coefficient (Wildman–Crippen LogP) is 2.57. The fourth-order valence-corrected chi connectivity index (χ4v) is 1.03. The van der Waals surface area contributed by atoms with Crippen LogP contribution in [-0.2, 0) is 9.53 Å². The maximum absolute atomic E-state index is 10.4. The van der Waals surface area contributed by atoms with Crippen LogP contribution in [0.3, 0.4) is 0 Å². The summed E-state index contributed by atoms with van der Waals surface area (Å²) in [6, 6.07) is 8.15. The van der Waals surface area contributed by atoms with E-state index in [-0.39, 0.29) is 5.97 Å². The first kappa shape index (κ1) is 10.5. The summed E-state index contributed by atoms with van der Waals surface area (Å²) in [5.41, 5.74) is 2.35. The molecule has 0 unspecified atom stereocenters. The Morgan fingerprint density at radius 2 is 2.00 bits per heavy atom. The van der Waals surface area contributed by atoms with Gasteiger partial charge in [0.2, 0.25) is 0 Å². The average Bonchev–Trinajstić information content (AvgIpc) is 2.15. The lowest BCUT2D eigenvalue weighted by Crippen LogP contribution is -1.97. The quantitative estimate of drug-likeness (QED) is 0.685. The molecule has 0 aromatic heterocycles. The Morgan fingerprint density at radius 1 is 1.36 bits per heavy atom. The second kappa shape index (κ2) is 5.22. The standard InChI is InChI=1S/C12H14O2/c1-10-5-7-12(8-6-10)4-3-9-14-11(2)13/h3-8H,9H2,1-2H3. The van der Waals surface area contributed by atoms with Gasteiger partial charge in [-0.2, -0.15) is 0 Å². The number of aryl methyl sites for hydroxylation is 1. The van der Waals surface area contributed by atoms with Crippen LogP contribution in [0.4, 0.5) is 0 Å². The van der Waals surface area contributed by atoms with Gasteiger partial charge in [-0.05, 0) is 18.6 Å². The van der Waals surface area contributed by atoms with Crippen molar-refractivity contribution in [1.29, 1.82) is 0 Å². The summed E-state index contributed by atoms with van der Waals surface area (Å²) in [6.45, 7) is 3.79. The maximum atomic E-state index is 10.4. The smallest absolute Gasteiger partial charge is 0.302 e. The Hall–Kier alpha value is -1.57. The van der Waals surface area contributed by atoms with Crippen molar-refractivity contribution in [1.82, 2.24) is 0 Å². The first-order chi connectivity index (χ1) is 6.68. The van der Waals surface area contributed by atoms with Gasteiger partial charge in [-0.1, -0.05) is 35.9 Å². The monoisotopic (exact) mass is 190 g/mol. The van der Waals surface area contributed by atoms with Gasteiger partial charge in [0.15, 0.2) is 0 Å². The number of hydrogen-bond donors (Lipinski definition) is 0. The van der Waals surface area contributed by atoms with Gasteiger partial charge in [-0.15, -0.1) is 0 Å². The van der Waals surface area contributed by atoms with E-state index in [1.54, 1.807) is 0 Å². The highest BCUT2D eigenvalue weighted by molar-refractivity contribution is 5.66. The molecule has 14 heavy (non-hydrogen) atoms. The van der Waals surface area contributed by atoms with E-state index in [1.165, 1.54) is 12.5 Å². The van der Waals surface area contributed by atoms with Crippen molar-refractivity contribution < 1.29 is 9.53 Å². The summed E-state index contributed by atoms with van der Waals surface area (Å²) in [5.74, 6) is -0.251. The lowest BCUT2D eigenvalue weighted by molar-refractivity contribution is -0.139. The zero-order valence-electron chi connectivity index (χ0n) is 8.49. The van der Waals surface area contributed by atoms with Crippen LogP contribution >= 0.6 is 0 Å². The number of ether oxygens (including phenoxy) is 1. The summed E-state index contributed by atoms with van der Waals surface area (Å²) in [7, 11) is 0. The molecule has 1 aromatic carbocycles. The number of esters is 1. The van der Waals surface area contributed by atoms with E-state index in [4.69, 9.17) is 4.74 Å². The van der Waals surface area contributed by atoms with Crippen LogP contribution in [-0.4, -0.2) is 12.6 Å². The van der Waals surface area contributed by atoms with Gasteiger partial charge in [-0.25, -0.2) is 0 Å². The van der Waals surface area contributed by atoms with Crippen LogP contribution in [0.2, 0.25) is 0 Å². The normalized spacial score (nSPS) is 10.4. The van der Waals surface area contributed by atoms with Crippen LogP contribution in [0.15, 0.2) is 30.3 Å². The Balaban J connectivity index is 2.44. The highest BCUT2D eigenvalue weighted by atomic mass is 16.5. The van der Waals surface area contributed by atoms with Gasteiger partial charge in [0, 0.05) is 6.92 Å². The summed E-state index contributed by atoms with van der Waals surface area (Å²) in [6.07, 6.45) is 3.76. The molecule has 0 N–H and O–H groups in total. The first-order valence-electron chi connectivity index (χ1n) is 4.55. The number of carbonyl (C=O) groups is 1. The fourth-order valence-electron chi connectivity index (χ4n) is 1.03. The molecule has 0 amide bonds. The SMILES string of the molecule is CC(=O)OCC=Cc1ccc(C)cc1. The van der Waals surface area contributed by atoms with Gasteiger partial charge in [-0.3, -0.25) is 4.79 Å². The second-order valence-electron chi connectivity index (χ2n) is 3.12. The predicted molar refractivity (Wildman–Crippen MR) is 56.8 cm³/mol. The molecule has 0 atom stereocenters. The molecule has 2 nitrogen and oxygen atoms in total. The molecule has 0 spiro atoms. The largest absolute Gasteiger partial charge is 0.462 e. The van der Waals surface area contributed by atoms with Crippen molar-refractivity contribution in [2.24, 2.45) is 0 Å². The van der Waals surface area contributed by atoms with Gasteiger partial charge in [0.1, 0.15) is 6.61 Å². The molecule has 0 bridgehead atoms. The van der Waals surface area contributed by atoms with Gasteiger partial charge < -0.3 is 4.74 Å². The van der Waals surface area contributed by atoms with Crippen LogP contribution in [0, 0.1) is 6.92 Å². The van der Waals surface area contributed by atoms with Crippen molar-refractivity contribution in [3.63, 3.8) is 0 Å². The van der Waals surface area contributed by atoms with Crippen LogP contribution < -0.4 is 0 Å². The van der Waals surface area contributed by atoms with E-state index in [1.807, 2.05) is 43.3 Å². The van der Waals surface area contributed by atoms with E-state index >= 15 is 0 Å². The second-order valence-corrected chi connectivity index (χ2v) is 3.12. The molecule has 0 aliphatic carbocycles. The molecule has 0 fully saturated rings. The van der Waals surface area contributed by atoms with E-state index in [0.29, 0.717) is 6.61 Å². The molecule has 0 saturated carbocycles. The van der Waals surface area contributed by atoms with E-state index in [9.17, 15) is 4.79 Å². The lowest BCUT2D eigenvalue weighted by atomic mass is 10.1. The van der Waals surface area contributed by atoms with Crippen LogP contribution in [0.25, 0.3) is 6.08 Å². The molecule has 0 radical (unpaired) electrons. The Bertz CT molecular complexity index is 323. The zero-order chi connectivity index (χ0) is 10.4. The third-order valence-electron chi connectivity index (χ3n) is 1.77. The molecule has 1 aromatic rings. The molecule has 2 heteroatoms. The molecule has 0 saturated heterocycles. The van der Waals surface area contributed by atoms with Crippen molar-refractivity contribution >= 4 is 12.0 Å². The van der Waals surface area contributed by atoms with Crippen LogP contribution in [0.1, 0.15) is 18.1 Å². The van der Waals surface area contributed by atoms with E-state index < -0.39 is 0 Å². The fraction of sp³-hybridized carbons (Fsp3) is 0.250. The Kier molecular flexibility index (Phi) is 3.92. The number of rotatable bonds is 3. The van der Waals surface area contributed by atoms with Crippen LogP contribution in [0.5, 0.6) is 0 Å². The van der Waals surface area contributed by atoms with Gasteiger partial charge in [0.25, 0.3) is 0 Å². The Morgan fingerprint density at radius 3 is 2.57 bits per heavy atom. The average molecular weight is 190 g/mol. The molecule has 1 rings (SSSR count). The topological polar surface area (TPSA) is 26.3 Å². The minimum atomic E-state index is -0.251. The number of benzene rings is 1. The summed E-state index contributed by atoms with van der Waals surface area (Å²) < 4.78 is 4.76. The number of carbonyl (C=O) groups excluding carboxylic acids is 1. The zero-order valence-corrected chi connectivity index (χ0v) is 8.49. The van der Waals surface area contributed by atoms with Gasteiger partial charge >= 0.3 is 5.97 Å². The lowest BCUT2D eigenvalue weighted by Gasteiger charge is -1.96. The Labute approximate surface area is 84.2 Å². The van der Waals surface area contributed by atoms with Crippen molar-refractivity contribution in [2.45, 2.75) is 13.8 Å². The molecular formula is C12H14O2. The van der Waals surface area contributed by atoms with E-state index in [0.717, 1.165) is 5.56 Å². The van der Waals surface area contributed by atoms with E-state index in [2.05, 4.69) is 0 Å². The minimum Gasteiger partial charge on any atom is -0.462 e. The molecule has 0 heterocycles. The van der Waals surface area contributed by atoms with Crippen molar-refractivity contribution in [3.8, 4) is 0 Å². The van der Waals surface area contributed by atoms with Crippen molar-refractivity contribution in [3.05, 3.63) is 41.5 Å². The van der Waals surface area contributed by atoms with Crippen molar-refractivity contribution in [2.75, 3.05) is 6.61 Å². The van der Waals surface area contributed by atoms with Gasteiger partial charge in [0.05, 0.1) is 0 Å². The molecule has 74 valence electrons.